The smallest absolute Gasteiger partial charge is 0.323 e. The van der Waals surface area contributed by atoms with Crippen molar-refractivity contribution in [1.29, 1.82) is 0 Å². The first-order valence-corrected chi connectivity index (χ1v) is 7.57. The molecule has 1 N–H and O–H groups in total. The van der Waals surface area contributed by atoms with Crippen molar-refractivity contribution in [1.82, 2.24) is 4.90 Å². The Bertz CT molecular complexity index is 478. The summed E-state index contributed by atoms with van der Waals surface area (Å²) in [6.45, 7) is -0.210. The number of hydrogen-bond acceptors (Lipinski definition) is 2. The molecular formula is C17H23NO3. The fraction of sp³-hybridized carbons (Fsp3) is 0.529. The summed E-state index contributed by atoms with van der Waals surface area (Å²) in [6, 6.07) is 10.5. The topological polar surface area (TPSA) is 57.6 Å². The summed E-state index contributed by atoms with van der Waals surface area (Å²) in [5.74, 6) is -0.0118. The first-order chi connectivity index (χ1) is 10.1. The number of carboxylic acid groups (broad SMARTS) is 1. The van der Waals surface area contributed by atoms with E-state index in [2.05, 4.69) is 24.3 Å². The zero-order valence-electron chi connectivity index (χ0n) is 12.5. The van der Waals surface area contributed by atoms with Gasteiger partial charge in [-0.2, -0.15) is 0 Å². The average Bonchev–Trinajstić information content (AvgIpc) is 2.48. The van der Waals surface area contributed by atoms with Crippen LogP contribution >= 0.6 is 0 Å². The van der Waals surface area contributed by atoms with E-state index in [0.29, 0.717) is 18.3 Å². The van der Waals surface area contributed by atoms with Gasteiger partial charge in [0.15, 0.2) is 0 Å². The maximum atomic E-state index is 12.0. The standard InChI is InChI=1S/C17H23NO3/c1-18(12-17(20)21)16(19)11-13-7-9-15(10-8-13)14-5-3-2-4-6-14/h2-6,13,15H,7-12H2,1H3,(H,20,21). The van der Waals surface area contributed by atoms with Crippen LogP contribution in [0.2, 0.25) is 0 Å². The van der Waals surface area contributed by atoms with Crippen molar-refractivity contribution in [2.75, 3.05) is 13.6 Å². The molecule has 1 saturated carbocycles. The molecule has 0 spiro atoms. The van der Waals surface area contributed by atoms with E-state index in [9.17, 15) is 9.59 Å². The fourth-order valence-corrected chi connectivity index (χ4v) is 3.12. The highest BCUT2D eigenvalue weighted by Crippen LogP contribution is 2.37. The minimum absolute atomic E-state index is 0.0550. The van der Waals surface area contributed by atoms with Crippen LogP contribution in [0.3, 0.4) is 0 Å². The number of rotatable bonds is 5. The van der Waals surface area contributed by atoms with Crippen molar-refractivity contribution in [3.63, 3.8) is 0 Å². The minimum atomic E-state index is -0.960. The van der Waals surface area contributed by atoms with Gasteiger partial charge in [-0.3, -0.25) is 9.59 Å². The van der Waals surface area contributed by atoms with Crippen LogP contribution in [-0.4, -0.2) is 35.5 Å². The third kappa shape index (κ3) is 4.59. The molecule has 1 fully saturated rings. The maximum Gasteiger partial charge on any atom is 0.323 e. The molecule has 114 valence electrons. The number of carbonyl (C=O) groups is 2. The number of likely N-dealkylation sites (N-methyl/N-ethyl adjacent to an activating group) is 1. The Morgan fingerprint density at radius 2 is 1.76 bits per heavy atom. The van der Waals surface area contributed by atoms with Gasteiger partial charge in [-0.1, -0.05) is 30.3 Å². The molecule has 0 heterocycles. The van der Waals surface area contributed by atoms with Gasteiger partial charge in [0, 0.05) is 13.5 Å². The van der Waals surface area contributed by atoms with Crippen molar-refractivity contribution in [3.8, 4) is 0 Å². The highest BCUT2D eigenvalue weighted by Gasteiger charge is 2.25. The van der Waals surface area contributed by atoms with E-state index in [1.807, 2.05) is 6.07 Å². The third-order valence-electron chi connectivity index (χ3n) is 4.38. The summed E-state index contributed by atoms with van der Waals surface area (Å²) >= 11 is 0. The SMILES string of the molecule is CN(CC(=O)O)C(=O)CC1CCC(c2ccccc2)CC1. The van der Waals surface area contributed by atoms with Crippen molar-refractivity contribution < 1.29 is 14.7 Å². The van der Waals surface area contributed by atoms with E-state index in [0.717, 1.165) is 25.7 Å². The number of amides is 1. The molecule has 4 nitrogen and oxygen atoms in total. The van der Waals surface area contributed by atoms with Gasteiger partial charge in [0.1, 0.15) is 6.54 Å². The molecule has 0 aromatic heterocycles. The van der Waals surface area contributed by atoms with Crippen LogP contribution < -0.4 is 0 Å². The van der Waals surface area contributed by atoms with Crippen LogP contribution in [0.5, 0.6) is 0 Å². The molecule has 0 unspecified atom stereocenters. The normalized spacial score (nSPS) is 21.8. The molecule has 4 heteroatoms. The van der Waals surface area contributed by atoms with Crippen LogP contribution in [-0.2, 0) is 9.59 Å². The van der Waals surface area contributed by atoms with E-state index >= 15 is 0 Å². The monoisotopic (exact) mass is 289 g/mol. The molecular weight excluding hydrogens is 266 g/mol. The average molecular weight is 289 g/mol. The Morgan fingerprint density at radius 3 is 2.33 bits per heavy atom. The summed E-state index contributed by atoms with van der Waals surface area (Å²) in [4.78, 5) is 23.9. The van der Waals surface area contributed by atoms with Gasteiger partial charge in [-0.25, -0.2) is 0 Å². The van der Waals surface area contributed by atoms with Crippen LogP contribution in [0.25, 0.3) is 0 Å². The molecule has 1 aromatic rings. The van der Waals surface area contributed by atoms with Crippen LogP contribution in [0.1, 0.15) is 43.6 Å². The quantitative estimate of drug-likeness (QED) is 0.906. The zero-order valence-corrected chi connectivity index (χ0v) is 12.5. The van der Waals surface area contributed by atoms with Crippen molar-refractivity contribution >= 4 is 11.9 Å². The molecule has 0 atom stereocenters. The first kappa shape index (κ1) is 15.5. The van der Waals surface area contributed by atoms with Crippen molar-refractivity contribution in [2.24, 2.45) is 5.92 Å². The summed E-state index contributed by atoms with van der Waals surface area (Å²) in [5, 5.41) is 8.71. The molecule has 1 amide bonds. The lowest BCUT2D eigenvalue weighted by atomic mass is 9.77. The van der Waals surface area contributed by atoms with Crippen LogP contribution in [0, 0.1) is 5.92 Å². The van der Waals surface area contributed by atoms with Crippen molar-refractivity contribution in [2.45, 2.75) is 38.0 Å². The maximum absolute atomic E-state index is 12.0. The highest BCUT2D eigenvalue weighted by atomic mass is 16.4. The van der Waals surface area contributed by atoms with Crippen molar-refractivity contribution in [3.05, 3.63) is 35.9 Å². The lowest BCUT2D eigenvalue weighted by Crippen LogP contribution is -2.33. The van der Waals surface area contributed by atoms with Gasteiger partial charge in [0.2, 0.25) is 5.91 Å². The molecule has 0 radical (unpaired) electrons. The lowest BCUT2D eigenvalue weighted by Gasteiger charge is -2.29. The fourth-order valence-electron chi connectivity index (χ4n) is 3.12. The van der Waals surface area contributed by atoms with Gasteiger partial charge in [0.25, 0.3) is 0 Å². The third-order valence-corrected chi connectivity index (χ3v) is 4.38. The van der Waals surface area contributed by atoms with E-state index in [1.165, 1.54) is 10.5 Å². The summed E-state index contributed by atoms with van der Waals surface area (Å²) in [5.41, 5.74) is 1.39. The second kappa shape index (κ2) is 7.25. The molecule has 1 aromatic carbocycles. The molecule has 2 rings (SSSR count). The number of carbonyl (C=O) groups excluding carboxylic acids is 1. The minimum Gasteiger partial charge on any atom is -0.480 e. The lowest BCUT2D eigenvalue weighted by molar-refractivity contribution is -0.143. The molecule has 0 bridgehead atoms. The Balaban J connectivity index is 1.79. The molecule has 21 heavy (non-hydrogen) atoms. The van der Waals surface area contributed by atoms with E-state index < -0.39 is 5.97 Å². The number of carboxylic acids is 1. The summed E-state index contributed by atoms with van der Waals surface area (Å²) in [7, 11) is 1.56. The molecule has 0 aliphatic heterocycles. The van der Waals surface area contributed by atoms with Gasteiger partial charge in [-0.05, 0) is 43.1 Å². The largest absolute Gasteiger partial charge is 0.480 e. The van der Waals surface area contributed by atoms with Crippen LogP contribution in [0.4, 0.5) is 0 Å². The van der Waals surface area contributed by atoms with E-state index in [1.54, 1.807) is 7.05 Å². The van der Waals surface area contributed by atoms with Gasteiger partial charge < -0.3 is 10.0 Å². The van der Waals surface area contributed by atoms with Gasteiger partial charge in [-0.15, -0.1) is 0 Å². The Labute approximate surface area is 125 Å². The summed E-state index contributed by atoms with van der Waals surface area (Å²) in [6.07, 6.45) is 4.80. The number of hydrogen-bond donors (Lipinski definition) is 1. The molecule has 1 aliphatic rings. The highest BCUT2D eigenvalue weighted by molar-refractivity contribution is 5.81. The Morgan fingerprint density at radius 1 is 1.14 bits per heavy atom. The molecule has 0 saturated heterocycles. The number of aliphatic carboxylic acids is 1. The van der Waals surface area contributed by atoms with Gasteiger partial charge in [0.05, 0.1) is 0 Å². The number of nitrogens with zero attached hydrogens (tertiary/aromatic N) is 1. The summed E-state index contributed by atoms with van der Waals surface area (Å²) < 4.78 is 0. The second-order valence-electron chi connectivity index (χ2n) is 5.98. The van der Waals surface area contributed by atoms with E-state index in [-0.39, 0.29) is 12.5 Å². The van der Waals surface area contributed by atoms with E-state index in [4.69, 9.17) is 5.11 Å². The number of benzene rings is 1. The first-order valence-electron chi connectivity index (χ1n) is 7.57. The predicted octanol–water partition coefficient (Wildman–Crippen LogP) is 2.89. The zero-order chi connectivity index (χ0) is 15.2. The Kier molecular flexibility index (Phi) is 5.37. The Hall–Kier alpha value is -1.84. The van der Waals surface area contributed by atoms with Gasteiger partial charge >= 0.3 is 5.97 Å². The predicted molar refractivity (Wildman–Crippen MR) is 81.0 cm³/mol. The second-order valence-corrected chi connectivity index (χ2v) is 5.98. The van der Waals surface area contributed by atoms with Crippen LogP contribution in [0.15, 0.2) is 30.3 Å². The molecule has 1 aliphatic carbocycles.